The van der Waals surface area contributed by atoms with Crippen LogP contribution in [0.5, 0.6) is 0 Å². The zero-order valence-electron chi connectivity index (χ0n) is 6.05. The number of carbonyl (C=O) groups excluding carboxylic acids is 1. The fourth-order valence-electron chi connectivity index (χ4n) is 1.06. The molecule has 0 bridgehead atoms. The lowest BCUT2D eigenvalue weighted by Crippen LogP contribution is -1.87. The van der Waals surface area contributed by atoms with Crippen LogP contribution in [0.25, 0.3) is 0 Å². The molecule has 54 valence electrons. The summed E-state index contributed by atoms with van der Waals surface area (Å²) in [5.74, 6) is 0. The van der Waals surface area contributed by atoms with E-state index in [0.29, 0.717) is 0 Å². The number of carbonyl (C=O) groups is 1. The van der Waals surface area contributed by atoms with Crippen LogP contribution in [-0.2, 0) is 4.79 Å². The number of rotatable bonds is 1. The summed E-state index contributed by atoms with van der Waals surface area (Å²) in [4.78, 5) is 10.3. The smallest absolute Gasteiger partial charge is 0.146 e. The molecule has 0 atom stereocenters. The lowest BCUT2D eigenvalue weighted by atomic mass is 10.1. The first kappa shape index (κ1) is 7.26. The van der Waals surface area contributed by atoms with Crippen molar-refractivity contribution >= 4 is 6.29 Å². The lowest BCUT2D eigenvalue weighted by molar-refractivity contribution is -0.105. The van der Waals surface area contributed by atoms with Crippen molar-refractivity contribution in [3.63, 3.8) is 0 Å². The van der Waals surface area contributed by atoms with Gasteiger partial charge in [0.15, 0.2) is 0 Å². The van der Waals surface area contributed by atoms with Gasteiger partial charge in [0.25, 0.3) is 0 Å². The van der Waals surface area contributed by atoms with Gasteiger partial charge in [-0.1, -0.05) is 18.2 Å². The molecule has 0 fully saturated rings. The van der Waals surface area contributed by atoms with E-state index in [2.05, 4.69) is 6.08 Å². The highest BCUT2D eigenvalue weighted by atomic mass is 16.1. The topological polar surface area (TPSA) is 17.1 Å². The molecule has 0 N–H and O–H groups in total. The summed E-state index contributed by atoms with van der Waals surface area (Å²) < 4.78 is 0. The minimum Gasteiger partial charge on any atom is -0.298 e. The van der Waals surface area contributed by atoms with Crippen LogP contribution in [0.15, 0.2) is 23.8 Å². The minimum atomic E-state index is 0.927. The first-order chi connectivity index (χ1) is 4.93. The fourth-order valence-corrected chi connectivity index (χ4v) is 1.06. The zero-order valence-corrected chi connectivity index (χ0v) is 6.05. The average molecular weight is 136 g/mol. The van der Waals surface area contributed by atoms with Crippen molar-refractivity contribution in [2.75, 3.05) is 0 Å². The van der Waals surface area contributed by atoms with Crippen LogP contribution in [0.1, 0.15) is 25.7 Å². The molecule has 0 aromatic rings. The highest BCUT2D eigenvalue weighted by Gasteiger charge is 1.95. The van der Waals surface area contributed by atoms with Gasteiger partial charge in [-0.3, -0.25) is 4.79 Å². The van der Waals surface area contributed by atoms with Crippen molar-refractivity contribution in [3.8, 4) is 0 Å². The normalized spacial score (nSPS) is 19.0. The summed E-state index contributed by atoms with van der Waals surface area (Å²) in [6, 6.07) is 0. The monoisotopic (exact) mass is 136 g/mol. The Balaban J connectivity index is 2.57. The summed E-state index contributed by atoms with van der Waals surface area (Å²) in [7, 11) is 0. The van der Waals surface area contributed by atoms with Crippen LogP contribution < -0.4 is 0 Å². The standard InChI is InChI=1S/C9H12O/c10-8-9-6-4-2-1-3-5-7-9/h2,4,6,8H,1,3,5,7H2. The maximum atomic E-state index is 10.3. The van der Waals surface area contributed by atoms with Crippen molar-refractivity contribution in [3.05, 3.63) is 23.8 Å². The van der Waals surface area contributed by atoms with Gasteiger partial charge in [-0.2, -0.15) is 0 Å². The molecule has 0 saturated heterocycles. The van der Waals surface area contributed by atoms with E-state index in [0.717, 1.165) is 31.1 Å². The van der Waals surface area contributed by atoms with Crippen LogP contribution in [0.4, 0.5) is 0 Å². The van der Waals surface area contributed by atoms with E-state index in [-0.39, 0.29) is 0 Å². The Kier molecular flexibility index (Phi) is 2.94. The third kappa shape index (κ3) is 2.18. The molecule has 1 aliphatic carbocycles. The second kappa shape index (κ2) is 4.04. The molecule has 1 rings (SSSR count). The molecule has 0 aromatic carbocycles. The van der Waals surface area contributed by atoms with E-state index in [1.807, 2.05) is 12.2 Å². The van der Waals surface area contributed by atoms with Gasteiger partial charge in [0.05, 0.1) is 0 Å². The van der Waals surface area contributed by atoms with Crippen LogP contribution in [0, 0.1) is 0 Å². The number of allylic oxidation sites excluding steroid dienone is 4. The second-order valence-electron chi connectivity index (χ2n) is 2.53. The van der Waals surface area contributed by atoms with Crippen LogP contribution >= 0.6 is 0 Å². The third-order valence-corrected chi connectivity index (χ3v) is 1.68. The molecular weight excluding hydrogens is 124 g/mol. The lowest BCUT2D eigenvalue weighted by Gasteiger charge is -2.00. The van der Waals surface area contributed by atoms with Crippen LogP contribution in [0.3, 0.4) is 0 Å². The Labute approximate surface area is 61.4 Å². The molecule has 0 heterocycles. The summed E-state index contributed by atoms with van der Waals surface area (Å²) >= 11 is 0. The highest BCUT2D eigenvalue weighted by molar-refractivity contribution is 5.73. The first-order valence-corrected chi connectivity index (χ1v) is 3.74. The van der Waals surface area contributed by atoms with Gasteiger partial charge >= 0.3 is 0 Å². The summed E-state index contributed by atoms with van der Waals surface area (Å²) in [6.45, 7) is 0. The Morgan fingerprint density at radius 3 is 3.10 bits per heavy atom. The van der Waals surface area contributed by atoms with Gasteiger partial charge in [0.2, 0.25) is 0 Å². The van der Waals surface area contributed by atoms with Gasteiger partial charge < -0.3 is 0 Å². The molecule has 0 spiro atoms. The maximum Gasteiger partial charge on any atom is 0.146 e. The Hall–Kier alpha value is -0.850. The third-order valence-electron chi connectivity index (χ3n) is 1.68. The van der Waals surface area contributed by atoms with E-state index in [4.69, 9.17) is 0 Å². The van der Waals surface area contributed by atoms with E-state index in [1.54, 1.807) is 0 Å². The summed E-state index contributed by atoms with van der Waals surface area (Å²) in [6.07, 6.45) is 11.4. The Morgan fingerprint density at radius 1 is 1.40 bits per heavy atom. The molecule has 1 nitrogen and oxygen atoms in total. The van der Waals surface area contributed by atoms with E-state index in [9.17, 15) is 4.79 Å². The van der Waals surface area contributed by atoms with E-state index < -0.39 is 0 Å². The number of hydrogen-bond acceptors (Lipinski definition) is 1. The second-order valence-corrected chi connectivity index (χ2v) is 2.53. The van der Waals surface area contributed by atoms with Gasteiger partial charge in [-0.05, 0) is 31.3 Å². The molecule has 0 radical (unpaired) electrons. The molecule has 0 aromatic heterocycles. The van der Waals surface area contributed by atoms with Crippen LogP contribution in [0.2, 0.25) is 0 Å². The summed E-state index contributed by atoms with van der Waals surface area (Å²) in [5, 5.41) is 0. The molecule has 0 aliphatic heterocycles. The van der Waals surface area contributed by atoms with Crippen LogP contribution in [-0.4, -0.2) is 6.29 Å². The predicted molar refractivity (Wildman–Crippen MR) is 41.8 cm³/mol. The molecule has 1 heteroatoms. The van der Waals surface area contributed by atoms with Crippen molar-refractivity contribution in [1.29, 1.82) is 0 Å². The molecule has 0 saturated carbocycles. The molecule has 10 heavy (non-hydrogen) atoms. The van der Waals surface area contributed by atoms with Crippen molar-refractivity contribution in [2.45, 2.75) is 25.7 Å². The fraction of sp³-hybridized carbons (Fsp3) is 0.444. The van der Waals surface area contributed by atoms with Gasteiger partial charge in [-0.25, -0.2) is 0 Å². The van der Waals surface area contributed by atoms with Gasteiger partial charge in [0, 0.05) is 0 Å². The Morgan fingerprint density at radius 2 is 2.30 bits per heavy atom. The summed E-state index contributed by atoms with van der Waals surface area (Å²) in [5.41, 5.74) is 0.927. The first-order valence-electron chi connectivity index (χ1n) is 3.74. The van der Waals surface area contributed by atoms with Crippen molar-refractivity contribution < 1.29 is 4.79 Å². The molecule has 0 unspecified atom stereocenters. The number of hydrogen-bond donors (Lipinski definition) is 0. The minimum absolute atomic E-state index is 0.927. The Bertz CT molecular complexity index is 166. The highest BCUT2D eigenvalue weighted by Crippen LogP contribution is 2.10. The largest absolute Gasteiger partial charge is 0.298 e. The van der Waals surface area contributed by atoms with E-state index >= 15 is 0 Å². The SMILES string of the molecule is O=CC1=CC=CCCCC1. The van der Waals surface area contributed by atoms with Gasteiger partial charge in [-0.15, -0.1) is 0 Å². The quantitative estimate of drug-likeness (QED) is 0.505. The number of aldehydes is 1. The zero-order chi connectivity index (χ0) is 7.23. The van der Waals surface area contributed by atoms with Gasteiger partial charge in [0.1, 0.15) is 6.29 Å². The molecule has 0 amide bonds. The van der Waals surface area contributed by atoms with Crippen molar-refractivity contribution in [2.24, 2.45) is 0 Å². The van der Waals surface area contributed by atoms with E-state index in [1.165, 1.54) is 6.42 Å². The maximum absolute atomic E-state index is 10.3. The predicted octanol–water partition coefficient (Wildman–Crippen LogP) is 2.24. The molecular formula is C9H12O. The average Bonchev–Trinajstić information content (AvgIpc) is 1.87. The molecule has 1 aliphatic rings. The van der Waals surface area contributed by atoms with Crippen molar-refractivity contribution in [1.82, 2.24) is 0 Å².